The maximum atomic E-state index is 5.46. The first-order valence-corrected chi connectivity index (χ1v) is 7.12. The smallest absolute Gasteiger partial charge is 0.123 e. The third-order valence-electron chi connectivity index (χ3n) is 4.08. The highest BCUT2D eigenvalue weighted by Gasteiger charge is 2.23. The summed E-state index contributed by atoms with van der Waals surface area (Å²) >= 11 is 0. The first-order valence-electron chi connectivity index (χ1n) is 7.12. The van der Waals surface area contributed by atoms with Crippen LogP contribution in [0.2, 0.25) is 0 Å². The topological polar surface area (TPSA) is 30.5 Å². The van der Waals surface area contributed by atoms with Crippen LogP contribution in [0.1, 0.15) is 44.7 Å². The Morgan fingerprint density at radius 2 is 2.00 bits per heavy atom. The Balaban J connectivity index is 2.10. The summed E-state index contributed by atoms with van der Waals surface area (Å²) in [6.07, 6.45) is 3.88. The molecule has 3 unspecified atom stereocenters. The fraction of sp³-hybridized carbons (Fsp3) is 0.625. The van der Waals surface area contributed by atoms with Crippen LogP contribution in [0.15, 0.2) is 18.2 Å². The summed E-state index contributed by atoms with van der Waals surface area (Å²) in [5.41, 5.74) is 1.17. The predicted molar refractivity (Wildman–Crippen MR) is 77.9 cm³/mol. The zero-order valence-corrected chi connectivity index (χ0v) is 12.4. The van der Waals surface area contributed by atoms with Crippen LogP contribution in [0.25, 0.3) is 0 Å². The fourth-order valence-electron chi connectivity index (χ4n) is 2.98. The van der Waals surface area contributed by atoms with Crippen LogP contribution in [0.5, 0.6) is 11.5 Å². The van der Waals surface area contributed by atoms with Crippen molar-refractivity contribution in [3.63, 3.8) is 0 Å². The SMILES string of the molecule is COc1ccc(OC)c(C(C)NC2CCC(C)C2)c1. The van der Waals surface area contributed by atoms with Crippen molar-refractivity contribution in [1.82, 2.24) is 5.32 Å². The highest BCUT2D eigenvalue weighted by atomic mass is 16.5. The van der Waals surface area contributed by atoms with Crippen LogP contribution in [0.4, 0.5) is 0 Å². The van der Waals surface area contributed by atoms with Crippen molar-refractivity contribution >= 4 is 0 Å². The molecule has 1 fully saturated rings. The average molecular weight is 263 g/mol. The molecule has 0 aliphatic heterocycles. The Morgan fingerprint density at radius 1 is 1.21 bits per heavy atom. The Kier molecular flexibility index (Phi) is 4.70. The van der Waals surface area contributed by atoms with Gasteiger partial charge in [-0.15, -0.1) is 0 Å². The van der Waals surface area contributed by atoms with Gasteiger partial charge in [-0.2, -0.15) is 0 Å². The molecule has 3 atom stereocenters. The Hall–Kier alpha value is -1.22. The van der Waals surface area contributed by atoms with Gasteiger partial charge in [0.15, 0.2) is 0 Å². The van der Waals surface area contributed by atoms with Gasteiger partial charge in [-0.1, -0.05) is 6.92 Å². The monoisotopic (exact) mass is 263 g/mol. The zero-order chi connectivity index (χ0) is 13.8. The summed E-state index contributed by atoms with van der Waals surface area (Å²) in [6, 6.07) is 6.88. The second-order valence-corrected chi connectivity index (χ2v) is 5.61. The largest absolute Gasteiger partial charge is 0.497 e. The van der Waals surface area contributed by atoms with E-state index in [4.69, 9.17) is 9.47 Å². The molecule has 0 heterocycles. The number of methoxy groups -OCH3 is 2. The number of hydrogen-bond acceptors (Lipinski definition) is 3. The molecule has 0 spiro atoms. The van der Waals surface area contributed by atoms with Gasteiger partial charge in [0, 0.05) is 17.6 Å². The molecule has 1 aliphatic carbocycles. The summed E-state index contributed by atoms with van der Waals surface area (Å²) in [7, 11) is 3.41. The van der Waals surface area contributed by atoms with Gasteiger partial charge in [-0.3, -0.25) is 0 Å². The minimum Gasteiger partial charge on any atom is -0.497 e. The molecule has 0 saturated heterocycles. The molecule has 1 N–H and O–H groups in total. The van der Waals surface area contributed by atoms with Gasteiger partial charge in [0.1, 0.15) is 11.5 Å². The van der Waals surface area contributed by atoms with Crippen LogP contribution in [-0.4, -0.2) is 20.3 Å². The molecule has 1 aliphatic rings. The van der Waals surface area contributed by atoms with Crippen LogP contribution < -0.4 is 14.8 Å². The van der Waals surface area contributed by atoms with Gasteiger partial charge in [0.2, 0.25) is 0 Å². The van der Waals surface area contributed by atoms with Crippen molar-refractivity contribution < 1.29 is 9.47 Å². The lowest BCUT2D eigenvalue weighted by atomic mass is 10.0. The Morgan fingerprint density at radius 3 is 2.58 bits per heavy atom. The van der Waals surface area contributed by atoms with Crippen LogP contribution in [-0.2, 0) is 0 Å². The lowest BCUT2D eigenvalue weighted by molar-refractivity contribution is 0.383. The van der Waals surface area contributed by atoms with Gasteiger partial charge >= 0.3 is 0 Å². The van der Waals surface area contributed by atoms with E-state index in [-0.39, 0.29) is 6.04 Å². The number of hydrogen-bond donors (Lipinski definition) is 1. The summed E-state index contributed by atoms with van der Waals surface area (Å²) in [4.78, 5) is 0. The van der Waals surface area contributed by atoms with Gasteiger partial charge in [-0.25, -0.2) is 0 Å². The molecule has 0 radical (unpaired) electrons. The van der Waals surface area contributed by atoms with Crippen molar-refractivity contribution in [2.45, 2.75) is 45.2 Å². The normalized spacial score (nSPS) is 24.2. The average Bonchev–Trinajstić information content (AvgIpc) is 2.83. The molecule has 3 heteroatoms. The number of rotatable bonds is 5. The lowest BCUT2D eigenvalue weighted by Gasteiger charge is -2.22. The molecule has 2 rings (SSSR count). The van der Waals surface area contributed by atoms with Gasteiger partial charge in [-0.05, 0) is 50.3 Å². The van der Waals surface area contributed by atoms with Crippen molar-refractivity contribution in [2.24, 2.45) is 5.92 Å². The summed E-state index contributed by atoms with van der Waals surface area (Å²) in [5.74, 6) is 2.65. The molecule has 1 aromatic carbocycles. The number of benzene rings is 1. The van der Waals surface area contributed by atoms with Crippen molar-refractivity contribution in [1.29, 1.82) is 0 Å². The molecule has 106 valence electrons. The third-order valence-corrected chi connectivity index (χ3v) is 4.08. The lowest BCUT2D eigenvalue weighted by Crippen LogP contribution is -2.29. The summed E-state index contributed by atoms with van der Waals surface area (Å²) in [5, 5.41) is 3.72. The van der Waals surface area contributed by atoms with E-state index in [1.165, 1.54) is 24.8 Å². The predicted octanol–water partition coefficient (Wildman–Crippen LogP) is 3.54. The summed E-state index contributed by atoms with van der Waals surface area (Å²) < 4.78 is 10.8. The Bertz CT molecular complexity index is 419. The van der Waals surface area contributed by atoms with E-state index in [0.717, 1.165) is 17.4 Å². The molecule has 19 heavy (non-hydrogen) atoms. The van der Waals surface area contributed by atoms with E-state index in [1.807, 2.05) is 12.1 Å². The Labute approximate surface area is 116 Å². The van der Waals surface area contributed by atoms with E-state index in [9.17, 15) is 0 Å². The molecule has 3 nitrogen and oxygen atoms in total. The van der Waals surface area contributed by atoms with E-state index < -0.39 is 0 Å². The quantitative estimate of drug-likeness (QED) is 0.881. The molecule has 1 aromatic rings. The number of nitrogens with one attached hydrogen (secondary N) is 1. The minimum absolute atomic E-state index is 0.278. The summed E-state index contributed by atoms with van der Waals surface area (Å²) in [6.45, 7) is 4.53. The first-order chi connectivity index (χ1) is 9.13. The van der Waals surface area contributed by atoms with Crippen molar-refractivity contribution in [3.05, 3.63) is 23.8 Å². The third kappa shape index (κ3) is 3.41. The highest BCUT2D eigenvalue weighted by molar-refractivity contribution is 5.42. The molecule has 0 amide bonds. The van der Waals surface area contributed by atoms with Gasteiger partial charge in [0.25, 0.3) is 0 Å². The second kappa shape index (κ2) is 6.29. The minimum atomic E-state index is 0.278. The van der Waals surface area contributed by atoms with E-state index in [1.54, 1.807) is 14.2 Å². The van der Waals surface area contributed by atoms with Gasteiger partial charge in [0.05, 0.1) is 14.2 Å². The van der Waals surface area contributed by atoms with Gasteiger partial charge < -0.3 is 14.8 Å². The van der Waals surface area contributed by atoms with Crippen LogP contribution in [0.3, 0.4) is 0 Å². The molecular formula is C16H25NO2. The molecule has 1 saturated carbocycles. The molecule has 0 aromatic heterocycles. The standard InChI is InChI=1S/C16H25NO2/c1-11-5-6-13(9-11)17-12(2)15-10-14(18-3)7-8-16(15)19-4/h7-8,10-13,17H,5-6,9H2,1-4H3. The van der Waals surface area contributed by atoms with E-state index in [2.05, 4.69) is 25.2 Å². The maximum Gasteiger partial charge on any atom is 0.123 e. The second-order valence-electron chi connectivity index (χ2n) is 5.61. The fourth-order valence-corrected chi connectivity index (χ4v) is 2.98. The van der Waals surface area contributed by atoms with Crippen molar-refractivity contribution in [2.75, 3.05) is 14.2 Å². The van der Waals surface area contributed by atoms with E-state index >= 15 is 0 Å². The maximum absolute atomic E-state index is 5.46. The molecule has 0 bridgehead atoms. The highest BCUT2D eigenvalue weighted by Crippen LogP contribution is 2.32. The van der Waals surface area contributed by atoms with Crippen LogP contribution >= 0.6 is 0 Å². The first kappa shape index (κ1) is 14.2. The zero-order valence-electron chi connectivity index (χ0n) is 12.4. The molecular weight excluding hydrogens is 238 g/mol. The number of ether oxygens (including phenoxy) is 2. The van der Waals surface area contributed by atoms with E-state index in [0.29, 0.717) is 6.04 Å². The van der Waals surface area contributed by atoms with Crippen LogP contribution in [0, 0.1) is 5.92 Å². The van der Waals surface area contributed by atoms with Crippen molar-refractivity contribution in [3.8, 4) is 11.5 Å².